The third kappa shape index (κ3) is 3.48. The van der Waals surface area contributed by atoms with Gasteiger partial charge in [-0.25, -0.2) is 0 Å². The van der Waals surface area contributed by atoms with Crippen LogP contribution in [0.25, 0.3) is 0 Å². The molecule has 140 valence electrons. The maximum absolute atomic E-state index is 13.3. The highest BCUT2D eigenvalue weighted by Gasteiger charge is 2.41. The molecule has 2 aliphatic carbocycles. The van der Waals surface area contributed by atoms with Crippen LogP contribution >= 0.6 is 15.9 Å². The number of fused-ring (bicyclic) bond motifs is 1. The first kappa shape index (κ1) is 17.8. The highest BCUT2D eigenvalue weighted by molar-refractivity contribution is 9.10. The summed E-state index contributed by atoms with van der Waals surface area (Å²) >= 11 is 3.51. The van der Waals surface area contributed by atoms with Gasteiger partial charge in [-0.3, -0.25) is 9.59 Å². The van der Waals surface area contributed by atoms with E-state index in [1.165, 1.54) is 0 Å². The lowest BCUT2D eigenvalue weighted by Crippen LogP contribution is -2.49. The number of hydrogen-bond donors (Lipinski definition) is 1. The lowest BCUT2D eigenvalue weighted by atomic mass is 10.00. The van der Waals surface area contributed by atoms with Gasteiger partial charge in [0.05, 0.1) is 0 Å². The third-order valence-corrected chi connectivity index (χ3v) is 6.34. The minimum Gasteiger partial charge on any atom is -0.483 e. The van der Waals surface area contributed by atoms with Crippen LogP contribution in [0.5, 0.6) is 5.75 Å². The fourth-order valence-electron chi connectivity index (χ4n) is 4.59. The molecule has 1 atom stereocenters. The molecule has 0 radical (unpaired) electrons. The average Bonchev–Trinajstić information content (AvgIpc) is 3.29. The van der Waals surface area contributed by atoms with Gasteiger partial charge in [-0.1, -0.05) is 41.6 Å². The van der Waals surface area contributed by atoms with Crippen LogP contribution in [-0.4, -0.2) is 35.4 Å². The van der Waals surface area contributed by atoms with Crippen LogP contribution in [0.15, 0.2) is 22.7 Å². The maximum atomic E-state index is 13.3. The second kappa shape index (κ2) is 7.59. The van der Waals surface area contributed by atoms with Crippen molar-refractivity contribution >= 4 is 27.7 Å². The summed E-state index contributed by atoms with van der Waals surface area (Å²) in [5.41, 5.74) is 0.785. The molecule has 1 aromatic carbocycles. The second-order valence-electron chi connectivity index (χ2n) is 7.60. The molecule has 0 aromatic heterocycles. The van der Waals surface area contributed by atoms with Crippen molar-refractivity contribution in [2.75, 3.05) is 6.61 Å². The van der Waals surface area contributed by atoms with Gasteiger partial charge in [-0.05, 0) is 43.9 Å². The summed E-state index contributed by atoms with van der Waals surface area (Å²) in [5, 5.41) is 3.21. The fraction of sp³-hybridized carbons (Fsp3) is 0.600. The molecule has 2 amide bonds. The summed E-state index contributed by atoms with van der Waals surface area (Å²) in [7, 11) is 0. The van der Waals surface area contributed by atoms with E-state index in [0.717, 1.165) is 61.4 Å². The van der Waals surface area contributed by atoms with E-state index in [2.05, 4.69) is 21.2 Å². The summed E-state index contributed by atoms with van der Waals surface area (Å²) in [6.07, 6.45) is 8.51. The number of amides is 2. The van der Waals surface area contributed by atoms with Gasteiger partial charge in [0, 0.05) is 22.1 Å². The fourth-order valence-corrected chi connectivity index (χ4v) is 4.97. The quantitative estimate of drug-likeness (QED) is 0.810. The van der Waals surface area contributed by atoms with E-state index < -0.39 is 6.04 Å². The normalized spacial score (nSPS) is 24.3. The van der Waals surface area contributed by atoms with Crippen molar-refractivity contribution in [3.8, 4) is 5.75 Å². The van der Waals surface area contributed by atoms with Crippen molar-refractivity contribution < 1.29 is 14.3 Å². The van der Waals surface area contributed by atoms with Gasteiger partial charge in [-0.15, -0.1) is 0 Å². The number of carbonyl (C=O) groups excluding carboxylic acids is 2. The molecule has 26 heavy (non-hydrogen) atoms. The summed E-state index contributed by atoms with van der Waals surface area (Å²) in [6.45, 7) is -0.00165. The lowest BCUT2D eigenvalue weighted by molar-refractivity contribution is -0.144. The topological polar surface area (TPSA) is 58.6 Å². The zero-order valence-electron chi connectivity index (χ0n) is 14.9. The molecule has 1 unspecified atom stereocenters. The van der Waals surface area contributed by atoms with Crippen molar-refractivity contribution in [2.24, 2.45) is 0 Å². The van der Waals surface area contributed by atoms with Gasteiger partial charge in [0.1, 0.15) is 11.8 Å². The first-order valence-electron chi connectivity index (χ1n) is 9.67. The predicted octanol–water partition coefficient (Wildman–Crippen LogP) is 3.71. The van der Waals surface area contributed by atoms with E-state index >= 15 is 0 Å². The zero-order valence-corrected chi connectivity index (χ0v) is 16.5. The zero-order chi connectivity index (χ0) is 18.1. The van der Waals surface area contributed by atoms with E-state index in [1.54, 1.807) is 0 Å². The summed E-state index contributed by atoms with van der Waals surface area (Å²) < 4.78 is 6.65. The van der Waals surface area contributed by atoms with E-state index in [-0.39, 0.29) is 30.5 Å². The van der Waals surface area contributed by atoms with Crippen molar-refractivity contribution in [2.45, 2.75) is 69.5 Å². The molecule has 0 bridgehead atoms. The number of rotatable bonds is 3. The van der Waals surface area contributed by atoms with Crippen molar-refractivity contribution in [3.05, 3.63) is 28.2 Å². The van der Waals surface area contributed by atoms with E-state index in [0.29, 0.717) is 5.75 Å². The van der Waals surface area contributed by atoms with Crippen molar-refractivity contribution in [1.82, 2.24) is 10.2 Å². The van der Waals surface area contributed by atoms with Gasteiger partial charge < -0.3 is 15.0 Å². The van der Waals surface area contributed by atoms with E-state index in [9.17, 15) is 9.59 Å². The van der Waals surface area contributed by atoms with Crippen LogP contribution in [0, 0.1) is 0 Å². The van der Waals surface area contributed by atoms with E-state index in [4.69, 9.17) is 4.74 Å². The Labute approximate surface area is 162 Å². The summed E-state index contributed by atoms with van der Waals surface area (Å²) in [6, 6.07) is 5.40. The first-order valence-corrected chi connectivity index (χ1v) is 10.5. The Bertz CT molecular complexity index is 696. The van der Waals surface area contributed by atoms with Gasteiger partial charge in [0.25, 0.3) is 5.91 Å². The van der Waals surface area contributed by atoms with Crippen molar-refractivity contribution in [1.29, 1.82) is 0 Å². The second-order valence-corrected chi connectivity index (χ2v) is 8.52. The number of nitrogens with zero attached hydrogens (tertiary/aromatic N) is 1. The van der Waals surface area contributed by atoms with Crippen LogP contribution in [0.2, 0.25) is 0 Å². The van der Waals surface area contributed by atoms with Crippen LogP contribution in [0.4, 0.5) is 0 Å². The Morgan fingerprint density at radius 3 is 2.54 bits per heavy atom. The maximum Gasteiger partial charge on any atom is 0.261 e. The molecule has 1 heterocycles. The Kier molecular flexibility index (Phi) is 5.20. The van der Waals surface area contributed by atoms with E-state index in [1.807, 2.05) is 23.1 Å². The average molecular weight is 421 g/mol. The molecule has 2 saturated carbocycles. The van der Waals surface area contributed by atoms with Gasteiger partial charge >= 0.3 is 0 Å². The minimum absolute atomic E-state index is 0.00165. The molecular weight excluding hydrogens is 396 g/mol. The van der Waals surface area contributed by atoms with Gasteiger partial charge in [0.15, 0.2) is 6.61 Å². The highest BCUT2D eigenvalue weighted by Crippen LogP contribution is 2.39. The molecule has 4 rings (SSSR count). The molecule has 6 heteroatoms. The number of halogens is 1. The molecule has 2 fully saturated rings. The lowest BCUT2D eigenvalue weighted by Gasteiger charge is -2.35. The van der Waals surface area contributed by atoms with Crippen LogP contribution < -0.4 is 10.1 Å². The number of carbonyl (C=O) groups is 2. The Hall–Kier alpha value is -1.56. The van der Waals surface area contributed by atoms with Crippen molar-refractivity contribution in [3.63, 3.8) is 0 Å². The summed E-state index contributed by atoms with van der Waals surface area (Å²) in [4.78, 5) is 28.0. The summed E-state index contributed by atoms with van der Waals surface area (Å²) in [5.74, 6) is 0.478. The largest absolute Gasteiger partial charge is 0.483 e. The predicted molar refractivity (Wildman–Crippen MR) is 102 cm³/mol. The Balaban J connectivity index is 1.72. The standard InChI is InChI=1S/C20H25BrN2O3/c21-13-9-10-17-16(11-13)19(20(25)22-14-5-1-2-6-14)23(18(24)12-26-17)15-7-3-4-8-15/h9-11,14-15,19H,1-8,12H2,(H,22,25). The SMILES string of the molecule is O=C(NC1CCCC1)C1c2cc(Br)ccc2OCC(=O)N1C1CCCC1. The molecule has 0 saturated heterocycles. The Morgan fingerprint density at radius 2 is 1.81 bits per heavy atom. The monoisotopic (exact) mass is 420 g/mol. The Morgan fingerprint density at radius 1 is 1.12 bits per heavy atom. The number of ether oxygens (including phenoxy) is 1. The first-order chi connectivity index (χ1) is 12.6. The van der Waals surface area contributed by atoms with Crippen LogP contribution in [0.1, 0.15) is 63.0 Å². The third-order valence-electron chi connectivity index (χ3n) is 5.85. The smallest absolute Gasteiger partial charge is 0.261 e. The minimum atomic E-state index is -0.610. The van der Waals surface area contributed by atoms with Crippen LogP contribution in [0.3, 0.4) is 0 Å². The molecule has 5 nitrogen and oxygen atoms in total. The molecule has 0 spiro atoms. The molecule has 1 aromatic rings. The number of benzene rings is 1. The molecule has 1 aliphatic heterocycles. The van der Waals surface area contributed by atoms with Gasteiger partial charge in [0.2, 0.25) is 5.91 Å². The number of nitrogens with one attached hydrogen (secondary N) is 1. The number of hydrogen-bond acceptors (Lipinski definition) is 3. The van der Waals surface area contributed by atoms with Crippen LogP contribution in [-0.2, 0) is 9.59 Å². The molecule has 3 aliphatic rings. The molecular formula is C20H25BrN2O3. The molecule has 1 N–H and O–H groups in total. The van der Waals surface area contributed by atoms with Gasteiger partial charge in [-0.2, -0.15) is 0 Å². The highest BCUT2D eigenvalue weighted by atomic mass is 79.9.